The topological polar surface area (TPSA) is 80.7 Å². The van der Waals surface area contributed by atoms with Crippen LogP contribution in [0.5, 0.6) is 0 Å². The normalized spacial score (nSPS) is 14.2. The van der Waals surface area contributed by atoms with Crippen molar-refractivity contribution in [2.75, 3.05) is 5.73 Å². The van der Waals surface area contributed by atoms with Crippen molar-refractivity contribution in [2.45, 2.75) is 19.3 Å². The highest BCUT2D eigenvalue weighted by atomic mass is 16.3. The van der Waals surface area contributed by atoms with Crippen molar-refractivity contribution in [3.05, 3.63) is 29.7 Å². The van der Waals surface area contributed by atoms with Crippen LogP contribution >= 0.6 is 0 Å². The number of aryl methyl sites for hydroxylation is 1. The highest BCUT2D eigenvalue weighted by Gasteiger charge is 2.24. The number of nitrogens with one attached hydrogen (secondary N) is 1. The maximum absolute atomic E-state index is 5.98. The first-order chi connectivity index (χ1) is 8.84. The molecule has 0 saturated heterocycles. The maximum atomic E-state index is 5.98. The Kier molecular flexibility index (Phi) is 1.81. The summed E-state index contributed by atoms with van der Waals surface area (Å²) in [4.78, 5) is 4.58. The van der Waals surface area contributed by atoms with Crippen LogP contribution in [0.25, 0.3) is 22.4 Å². The lowest BCUT2D eigenvalue weighted by atomic mass is 10.0. The molecular weight excluding hydrogens is 228 g/mol. The van der Waals surface area contributed by atoms with Gasteiger partial charge in [0.25, 0.3) is 0 Å². The maximum Gasteiger partial charge on any atom is 0.184 e. The van der Waals surface area contributed by atoms with Crippen LogP contribution in [0.15, 0.2) is 22.8 Å². The van der Waals surface area contributed by atoms with Gasteiger partial charge in [0.1, 0.15) is 11.6 Å². The molecule has 3 heterocycles. The molecule has 18 heavy (non-hydrogen) atoms. The predicted molar refractivity (Wildman–Crippen MR) is 68.0 cm³/mol. The summed E-state index contributed by atoms with van der Waals surface area (Å²) in [6.07, 6.45) is 4.84. The number of H-pyrrole nitrogens is 1. The fraction of sp³-hybridized carbons (Fsp3) is 0.231. The van der Waals surface area contributed by atoms with E-state index in [0.29, 0.717) is 11.5 Å². The van der Waals surface area contributed by atoms with Gasteiger partial charge in [-0.1, -0.05) is 0 Å². The largest absolute Gasteiger partial charge is 0.464 e. The van der Waals surface area contributed by atoms with Crippen LogP contribution < -0.4 is 5.73 Å². The number of furan rings is 1. The second kappa shape index (κ2) is 3.35. The highest BCUT2D eigenvalue weighted by molar-refractivity contribution is 6.00. The van der Waals surface area contributed by atoms with E-state index in [1.165, 1.54) is 5.56 Å². The van der Waals surface area contributed by atoms with Gasteiger partial charge in [0.05, 0.1) is 11.6 Å². The quantitative estimate of drug-likeness (QED) is 0.683. The number of nitrogen functional groups attached to an aromatic ring is 1. The Hall–Kier alpha value is -2.30. The Morgan fingerprint density at radius 3 is 3.11 bits per heavy atom. The molecule has 0 aliphatic heterocycles. The zero-order valence-corrected chi connectivity index (χ0v) is 9.73. The van der Waals surface area contributed by atoms with Crippen molar-refractivity contribution in [1.82, 2.24) is 15.2 Å². The second-order valence-corrected chi connectivity index (χ2v) is 4.58. The third-order valence-corrected chi connectivity index (χ3v) is 3.52. The minimum atomic E-state index is 0.554. The van der Waals surface area contributed by atoms with Gasteiger partial charge in [-0.2, -0.15) is 5.10 Å². The van der Waals surface area contributed by atoms with E-state index in [1.54, 1.807) is 6.26 Å². The Morgan fingerprint density at radius 2 is 2.28 bits per heavy atom. The molecule has 1 aliphatic carbocycles. The summed E-state index contributed by atoms with van der Waals surface area (Å²) in [5.74, 6) is 1.40. The molecule has 90 valence electrons. The van der Waals surface area contributed by atoms with Crippen LogP contribution in [0.3, 0.4) is 0 Å². The summed E-state index contributed by atoms with van der Waals surface area (Å²) < 4.78 is 5.55. The van der Waals surface area contributed by atoms with Gasteiger partial charge in [0.15, 0.2) is 5.65 Å². The molecule has 1 aliphatic rings. The molecule has 0 radical (unpaired) electrons. The van der Waals surface area contributed by atoms with E-state index >= 15 is 0 Å². The number of nitrogens with two attached hydrogens (primary N) is 1. The predicted octanol–water partition coefficient (Wildman–Crippen LogP) is 2.29. The van der Waals surface area contributed by atoms with Gasteiger partial charge in [0, 0.05) is 11.3 Å². The standard InChI is InChI=1S/C13H12N4O/c14-12-11-10(9-5-2-6-18-9)7-3-1-4-8(7)15-13(11)17-16-12/h2,5-6H,1,3-4H2,(H3,14,15,16,17). The summed E-state index contributed by atoms with van der Waals surface area (Å²) in [7, 11) is 0. The van der Waals surface area contributed by atoms with Crippen molar-refractivity contribution >= 4 is 16.9 Å². The minimum absolute atomic E-state index is 0.554. The molecule has 0 bridgehead atoms. The third kappa shape index (κ3) is 1.16. The summed E-state index contributed by atoms with van der Waals surface area (Å²) in [5.41, 5.74) is 10.1. The first kappa shape index (κ1) is 9.70. The van der Waals surface area contributed by atoms with Crippen molar-refractivity contribution in [3.63, 3.8) is 0 Å². The fourth-order valence-corrected chi connectivity index (χ4v) is 2.76. The van der Waals surface area contributed by atoms with Gasteiger partial charge in [0.2, 0.25) is 0 Å². The van der Waals surface area contributed by atoms with Crippen LogP contribution in [0.2, 0.25) is 0 Å². The van der Waals surface area contributed by atoms with E-state index < -0.39 is 0 Å². The monoisotopic (exact) mass is 240 g/mol. The van der Waals surface area contributed by atoms with E-state index in [-0.39, 0.29) is 0 Å². The van der Waals surface area contributed by atoms with Crippen LogP contribution in [0.4, 0.5) is 5.82 Å². The Balaban J connectivity index is 2.17. The summed E-state index contributed by atoms with van der Waals surface area (Å²) in [5, 5.41) is 7.85. The number of pyridine rings is 1. The number of aromatic amines is 1. The van der Waals surface area contributed by atoms with Gasteiger partial charge in [-0.3, -0.25) is 5.10 Å². The number of fused-ring (bicyclic) bond motifs is 2. The minimum Gasteiger partial charge on any atom is -0.464 e. The average Bonchev–Trinajstić information content (AvgIpc) is 3.07. The van der Waals surface area contributed by atoms with Gasteiger partial charge < -0.3 is 10.2 Å². The zero-order valence-electron chi connectivity index (χ0n) is 9.73. The summed E-state index contributed by atoms with van der Waals surface area (Å²) in [6.45, 7) is 0. The molecule has 5 heteroatoms. The molecule has 0 atom stereocenters. The van der Waals surface area contributed by atoms with E-state index in [0.717, 1.165) is 41.7 Å². The molecule has 5 nitrogen and oxygen atoms in total. The lowest BCUT2D eigenvalue weighted by molar-refractivity contribution is 0.582. The van der Waals surface area contributed by atoms with Gasteiger partial charge in [-0.15, -0.1) is 0 Å². The molecule has 0 fully saturated rings. The first-order valence-corrected chi connectivity index (χ1v) is 6.04. The molecule has 3 N–H and O–H groups in total. The van der Waals surface area contributed by atoms with Crippen molar-refractivity contribution < 1.29 is 4.42 Å². The number of anilines is 1. The molecule has 0 saturated carbocycles. The lowest BCUT2D eigenvalue weighted by Gasteiger charge is -2.07. The van der Waals surface area contributed by atoms with E-state index in [1.807, 2.05) is 12.1 Å². The van der Waals surface area contributed by atoms with E-state index in [9.17, 15) is 0 Å². The SMILES string of the molecule is Nc1[nH]nc2nc3c(c(-c4ccco4)c12)CCC3. The van der Waals surface area contributed by atoms with E-state index in [2.05, 4.69) is 15.2 Å². The molecule has 0 spiro atoms. The zero-order chi connectivity index (χ0) is 12.1. The number of hydrogen-bond donors (Lipinski definition) is 2. The number of nitrogens with zero attached hydrogens (tertiary/aromatic N) is 2. The Labute approximate surface area is 103 Å². The number of hydrogen-bond acceptors (Lipinski definition) is 4. The molecule has 0 unspecified atom stereocenters. The highest BCUT2D eigenvalue weighted by Crippen LogP contribution is 2.38. The first-order valence-electron chi connectivity index (χ1n) is 6.04. The average molecular weight is 240 g/mol. The summed E-state index contributed by atoms with van der Waals surface area (Å²) >= 11 is 0. The van der Waals surface area contributed by atoms with Crippen molar-refractivity contribution in [3.8, 4) is 11.3 Å². The van der Waals surface area contributed by atoms with Crippen LogP contribution in [-0.2, 0) is 12.8 Å². The van der Waals surface area contributed by atoms with Gasteiger partial charge in [-0.25, -0.2) is 4.98 Å². The van der Waals surface area contributed by atoms with Gasteiger partial charge >= 0.3 is 0 Å². The molecule has 0 amide bonds. The Bertz CT molecular complexity index is 727. The van der Waals surface area contributed by atoms with Gasteiger partial charge in [-0.05, 0) is 37.0 Å². The molecule has 4 rings (SSSR count). The third-order valence-electron chi connectivity index (χ3n) is 3.52. The van der Waals surface area contributed by atoms with Crippen LogP contribution in [0, 0.1) is 0 Å². The van der Waals surface area contributed by atoms with Crippen LogP contribution in [0.1, 0.15) is 17.7 Å². The van der Waals surface area contributed by atoms with Crippen LogP contribution in [-0.4, -0.2) is 15.2 Å². The summed E-state index contributed by atoms with van der Waals surface area (Å²) in [6, 6.07) is 3.85. The molecule has 3 aromatic heterocycles. The van der Waals surface area contributed by atoms with E-state index in [4.69, 9.17) is 10.2 Å². The Morgan fingerprint density at radius 1 is 1.33 bits per heavy atom. The number of aromatic nitrogens is 3. The number of rotatable bonds is 1. The smallest absolute Gasteiger partial charge is 0.184 e. The molecular formula is C13H12N4O. The molecule has 3 aromatic rings. The lowest BCUT2D eigenvalue weighted by Crippen LogP contribution is -1.95. The molecule has 0 aromatic carbocycles. The second-order valence-electron chi connectivity index (χ2n) is 4.58. The van der Waals surface area contributed by atoms with Crippen molar-refractivity contribution in [2.24, 2.45) is 0 Å². The fourth-order valence-electron chi connectivity index (χ4n) is 2.76. The van der Waals surface area contributed by atoms with Crippen molar-refractivity contribution in [1.29, 1.82) is 0 Å².